The zero-order valence-electron chi connectivity index (χ0n) is 16.6. The third kappa shape index (κ3) is 3.43. The Morgan fingerprint density at radius 2 is 1.79 bits per heavy atom. The molecule has 3 rings (SSSR count). The average molecular weight is 381 g/mol. The van der Waals surface area contributed by atoms with Gasteiger partial charge in [0.05, 0.1) is 25.6 Å². The van der Waals surface area contributed by atoms with E-state index in [4.69, 9.17) is 9.47 Å². The largest absolute Gasteiger partial charge is 0.493 e. The van der Waals surface area contributed by atoms with E-state index in [9.17, 15) is 9.59 Å². The molecule has 7 nitrogen and oxygen atoms in total. The summed E-state index contributed by atoms with van der Waals surface area (Å²) in [4.78, 5) is 32.5. The van der Waals surface area contributed by atoms with Crippen molar-refractivity contribution in [3.8, 4) is 11.5 Å². The van der Waals surface area contributed by atoms with Crippen LogP contribution in [0.1, 0.15) is 21.5 Å². The van der Waals surface area contributed by atoms with Crippen LogP contribution in [0.15, 0.2) is 41.4 Å². The molecule has 0 N–H and O–H groups in total. The number of methoxy groups -OCH3 is 2. The smallest absolute Gasteiger partial charge is 0.253 e. The topological polar surface area (TPSA) is 71.4 Å². The summed E-state index contributed by atoms with van der Waals surface area (Å²) in [6.07, 6.45) is 0. The number of aliphatic imine (C=N–C) groups is 1. The van der Waals surface area contributed by atoms with Crippen molar-refractivity contribution in [1.82, 2.24) is 4.90 Å². The first-order chi connectivity index (χ1) is 13.4. The number of carbonyl (C=O) groups excluding carboxylic acids is 2. The van der Waals surface area contributed by atoms with Crippen LogP contribution in [0.25, 0.3) is 0 Å². The SMILES string of the molecule is COc1cc2c(cc1OC)N(C)C(=O)CN=C2c1cccc(C(=O)N(C)C)c1. The second-order valence-electron chi connectivity index (χ2n) is 6.62. The Morgan fingerprint density at radius 1 is 1.11 bits per heavy atom. The van der Waals surface area contributed by atoms with Gasteiger partial charge in [-0.15, -0.1) is 0 Å². The van der Waals surface area contributed by atoms with Crippen molar-refractivity contribution in [2.24, 2.45) is 4.99 Å². The van der Waals surface area contributed by atoms with Gasteiger partial charge in [0.15, 0.2) is 11.5 Å². The van der Waals surface area contributed by atoms with Crippen LogP contribution in [-0.4, -0.2) is 64.3 Å². The van der Waals surface area contributed by atoms with E-state index >= 15 is 0 Å². The number of rotatable bonds is 4. The summed E-state index contributed by atoms with van der Waals surface area (Å²) in [6.45, 7) is 0.0109. The molecular weight excluding hydrogens is 358 g/mol. The Bertz CT molecular complexity index is 966. The summed E-state index contributed by atoms with van der Waals surface area (Å²) >= 11 is 0. The maximum absolute atomic E-state index is 12.5. The molecule has 1 heterocycles. The summed E-state index contributed by atoms with van der Waals surface area (Å²) in [5.74, 6) is 0.830. The highest BCUT2D eigenvalue weighted by Gasteiger charge is 2.25. The summed E-state index contributed by atoms with van der Waals surface area (Å²) in [5.41, 5.74) is 3.34. The van der Waals surface area contributed by atoms with Crippen LogP contribution in [0.5, 0.6) is 11.5 Å². The van der Waals surface area contributed by atoms with Gasteiger partial charge >= 0.3 is 0 Å². The molecule has 1 aliphatic heterocycles. The quantitative estimate of drug-likeness (QED) is 0.814. The molecule has 0 spiro atoms. The minimum Gasteiger partial charge on any atom is -0.493 e. The van der Waals surface area contributed by atoms with E-state index in [0.29, 0.717) is 28.5 Å². The standard InChI is InChI=1S/C21H23N3O4/c1-23(2)21(26)14-8-6-7-13(9-14)20-15-10-17(27-4)18(28-5)11-16(15)24(3)19(25)12-22-20/h6-11H,12H2,1-5H3. The molecule has 0 aliphatic carbocycles. The van der Waals surface area contributed by atoms with Crippen LogP contribution in [0.4, 0.5) is 5.69 Å². The van der Waals surface area contributed by atoms with Crippen LogP contribution in [0.2, 0.25) is 0 Å². The van der Waals surface area contributed by atoms with Crippen LogP contribution in [-0.2, 0) is 4.79 Å². The summed E-state index contributed by atoms with van der Waals surface area (Å²) in [7, 11) is 8.23. The van der Waals surface area contributed by atoms with Gasteiger partial charge in [0, 0.05) is 43.9 Å². The lowest BCUT2D eigenvalue weighted by atomic mass is 9.97. The van der Waals surface area contributed by atoms with Gasteiger partial charge in [-0.25, -0.2) is 0 Å². The molecule has 0 radical (unpaired) electrons. The van der Waals surface area contributed by atoms with Crippen molar-refractivity contribution >= 4 is 23.2 Å². The maximum Gasteiger partial charge on any atom is 0.253 e. The molecule has 2 amide bonds. The third-order valence-electron chi connectivity index (χ3n) is 4.65. The van der Waals surface area contributed by atoms with Crippen molar-refractivity contribution in [1.29, 1.82) is 0 Å². The summed E-state index contributed by atoms with van der Waals surface area (Å²) < 4.78 is 10.8. The highest BCUT2D eigenvalue weighted by molar-refractivity contribution is 6.20. The number of amides is 2. The lowest BCUT2D eigenvalue weighted by Crippen LogP contribution is -2.27. The first kappa shape index (κ1) is 19.4. The molecule has 0 aromatic heterocycles. The van der Waals surface area contributed by atoms with Crippen molar-refractivity contribution < 1.29 is 19.1 Å². The van der Waals surface area contributed by atoms with Crippen LogP contribution < -0.4 is 14.4 Å². The number of nitrogens with zero attached hydrogens (tertiary/aromatic N) is 3. The van der Waals surface area contributed by atoms with Gasteiger partial charge in [-0.3, -0.25) is 14.6 Å². The van der Waals surface area contributed by atoms with Crippen molar-refractivity contribution in [3.05, 3.63) is 53.1 Å². The van der Waals surface area contributed by atoms with Crippen LogP contribution in [0.3, 0.4) is 0 Å². The minimum atomic E-state index is -0.135. The van der Waals surface area contributed by atoms with E-state index in [0.717, 1.165) is 11.1 Å². The van der Waals surface area contributed by atoms with E-state index in [2.05, 4.69) is 4.99 Å². The lowest BCUT2D eigenvalue weighted by molar-refractivity contribution is -0.116. The monoisotopic (exact) mass is 381 g/mol. The molecule has 2 aromatic rings. The molecule has 146 valence electrons. The Balaban J connectivity index is 2.20. The fourth-order valence-electron chi connectivity index (χ4n) is 3.11. The molecule has 7 heteroatoms. The van der Waals surface area contributed by atoms with Gasteiger partial charge in [0.25, 0.3) is 5.91 Å². The van der Waals surface area contributed by atoms with Gasteiger partial charge in [0.1, 0.15) is 6.54 Å². The fraction of sp³-hybridized carbons (Fsp3) is 0.286. The van der Waals surface area contributed by atoms with Gasteiger partial charge < -0.3 is 19.3 Å². The number of benzene rings is 2. The molecule has 1 aliphatic rings. The van der Waals surface area contributed by atoms with E-state index in [1.165, 1.54) is 4.90 Å². The van der Waals surface area contributed by atoms with Gasteiger partial charge in [-0.1, -0.05) is 12.1 Å². The second-order valence-corrected chi connectivity index (χ2v) is 6.62. The number of likely N-dealkylation sites (N-methyl/N-ethyl adjacent to an activating group) is 1. The third-order valence-corrected chi connectivity index (χ3v) is 4.65. The number of ether oxygens (including phenoxy) is 2. The van der Waals surface area contributed by atoms with E-state index in [1.807, 2.05) is 18.2 Å². The number of benzodiazepines with no additional fused rings is 1. The Kier molecular flexibility index (Phi) is 5.35. The van der Waals surface area contributed by atoms with E-state index in [1.54, 1.807) is 58.5 Å². The maximum atomic E-state index is 12.5. The van der Waals surface area contributed by atoms with Crippen molar-refractivity contribution in [2.45, 2.75) is 0 Å². The number of hydrogen-bond acceptors (Lipinski definition) is 5. The lowest BCUT2D eigenvalue weighted by Gasteiger charge is -2.20. The highest BCUT2D eigenvalue weighted by atomic mass is 16.5. The van der Waals surface area contributed by atoms with E-state index in [-0.39, 0.29) is 18.4 Å². The van der Waals surface area contributed by atoms with Gasteiger partial charge in [0.2, 0.25) is 5.91 Å². The predicted octanol–water partition coefficient (Wildman–Crippen LogP) is 2.22. The Labute approximate surface area is 164 Å². The Hall–Kier alpha value is -3.35. The first-order valence-electron chi connectivity index (χ1n) is 8.76. The van der Waals surface area contributed by atoms with Gasteiger partial charge in [-0.2, -0.15) is 0 Å². The molecule has 28 heavy (non-hydrogen) atoms. The molecule has 0 saturated heterocycles. The first-order valence-corrected chi connectivity index (χ1v) is 8.76. The fourth-order valence-corrected chi connectivity index (χ4v) is 3.11. The number of fused-ring (bicyclic) bond motifs is 1. The number of carbonyl (C=O) groups is 2. The average Bonchev–Trinajstić information content (AvgIpc) is 2.83. The summed E-state index contributed by atoms with van der Waals surface area (Å²) in [5, 5.41) is 0. The number of anilines is 1. The Morgan fingerprint density at radius 3 is 2.43 bits per heavy atom. The number of hydrogen-bond donors (Lipinski definition) is 0. The van der Waals surface area contributed by atoms with Crippen LogP contribution in [0, 0.1) is 0 Å². The minimum absolute atomic E-state index is 0.0109. The highest BCUT2D eigenvalue weighted by Crippen LogP contribution is 2.37. The molecule has 0 saturated carbocycles. The molecule has 0 bridgehead atoms. The zero-order valence-corrected chi connectivity index (χ0v) is 16.6. The molecule has 0 unspecified atom stereocenters. The normalized spacial score (nSPS) is 13.4. The predicted molar refractivity (Wildman–Crippen MR) is 108 cm³/mol. The van der Waals surface area contributed by atoms with Crippen molar-refractivity contribution in [2.75, 3.05) is 46.8 Å². The zero-order chi connectivity index (χ0) is 20.4. The van der Waals surface area contributed by atoms with Crippen molar-refractivity contribution in [3.63, 3.8) is 0 Å². The molecule has 2 aromatic carbocycles. The van der Waals surface area contributed by atoms with Crippen LogP contribution >= 0.6 is 0 Å². The molecular formula is C21H23N3O4. The van der Waals surface area contributed by atoms with E-state index < -0.39 is 0 Å². The van der Waals surface area contributed by atoms with Gasteiger partial charge in [-0.05, 0) is 18.2 Å². The second kappa shape index (κ2) is 7.72. The summed E-state index contributed by atoms with van der Waals surface area (Å²) in [6, 6.07) is 10.8. The molecule has 0 fully saturated rings. The molecule has 0 atom stereocenters.